The van der Waals surface area contributed by atoms with Crippen molar-refractivity contribution in [2.45, 2.75) is 33.1 Å². The average molecular weight is 162 g/mol. The van der Waals surface area contributed by atoms with Crippen LogP contribution < -0.4 is 0 Å². The van der Waals surface area contributed by atoms with E-state index in [4.69, 9.17) is 5.21 Å². The number of hydrogen-bond acceptors (Lipinski definition) is 2. The van der Waals surface area contributed by atoms with Gasteiger partial charge in [-0.1, -0.05) is 20.3 Å². The van der Waals surface area contributed by atoms with Gasteiger partial charge in [0.2, 0.25) is 0 Å². The minimum Gasteiger partial charge on any atom is -0.200 e. The molecule has 66 valence electrons. The highest BCUT2D eigenvalue weighted by Gasteiger charge is 2.02. The van der Waals surface area contributed by atoms with Crippen LogP contribution in [-0.4, -0.2) is 16.9 Å². The van der Waals surface area contributed by atoms with Gasteiger partial charge in [0.05, 0.1) is 0 Å². The number of rotatable bonds is 6. The van der Waals surface area contributed by atoms with Gasteiger partial charge in [0.25, 0.3) is 0 Å². The number of unbranched alkanes of at least 4 members (excludes halogenated alkanes) is 1. The molecule has 4 heteroatoms. The lowest BCUT2D eigenvalue weighted by molar-refractivity contribution is -0.975. The van der Waals surface area contributed by atoms with Gasteiger partial charge in [-0.3, -0.25) is 0 Å². The van der Waals surface area contributed by atoms with Crippen LogP contribution in [-0.2, 0) is 4.84 Å². The van der Waals surface area contributed by atoms with Crippen LogP contribution in [0, 0.1) is 10.8 Å². The third-order valence-electron chi connectivity index (χ3n) is 1.38. The van der Waals surface area contributed by atoms with Crippen LogP contribution in [0.2, 0.25) is 0 Å². The van der Waals surface area contributed by atoms with Crippen molar-refractivity contribution in [1.29, 1.82) is 0 Å². The van der Waals surface area contributed by atoms with Crippen molar-refractivity contribution >= 4 is 0 Å². The smallest absolute Gasteiger partial charge is 0.200 e. The van der Waals surface area contributed by atoms with E-state index in [2.05, 4.69) is 18.7 Å². The highest BCUT2D eigenvalue weighted by molar-refractivity contribution is 4.44. The van der Waals surface area contributed by atoms with Crippen molar-refractivity contribution in [3.8, 4) is 0 Å². The maximum absolute atomic E-state index is 9.79. The Kier molecular flexibility index (Phi) is 5.51. The first-order chi connectivity index (χ1) is 5.13. The van der Waals surface area contributed by atoms with Crippen molar-refractivity contribution in [3.05, 3.63) is 4.91 Å². The molecule has 0 aliphatic heterocycles. The zero-order valence-electron chi connectivity index (χ0n) is 7.12. The van der Waals surface area contributed by atoms with Crippen molar-refractivity contribution in [3.63, 3.8) is 0 Å². The molecular formula is C7H16NO3+. The number of hydrogen-bond donors (Lipinski definition) is 1. The van der Waals surface area contributed by atoms with E-state index in [9.17, 15) is 4.91 Å². The van der Waals surface area contributed by atoms with Crippen LogP contribution in [0.5, 0.6) is 0 Å². The summed E-state index contributed by atoms with van der Waals surface area (Å²) >= 11 is 0. The SMILES string of the molecule is CC(C)CCCCO[N+](=O)O. The molecule has 0 aliphatic rings. The first kappa shape index (κ1) is 10.2. The Labute approximate surface area is 66.6 Å². The summed E-state index contributed by atoms with van der Waals surface area (Å²) in [7, 11) is 0. The van der Waals surface area contributed by atoms with Crippen LogP contribution in [0.3, 0.4) is 0 Å². The fourth-order valence-electron chi connectivity index (χ4n) is 0.797. The topological polar surface area (TPSA) is 49.5 Å². The molecule has 0 radical (unpaired) electrons. The fraction of sp³-hybridized carbons (Fsp3) is 1.00. The second-order valence-corrected chi connectivity index (χ2v) is 2.96. The highest BCUT2D eigenvalue weighted by atomic mass is 16.9. The first-order valence-corrected chi connectivity index (χ1v) is 3.92. The van der Waals surface area contributed by atoms with E-state index in [0.29, 0.717) is 12.5 Å². The van der Waals surface area contributed by atoms with Crippen molar-refractivity contribution in [2.75, 3.05) is 6.61 Å². The highest BCUT2D eigenvalue weighted by Crippen LogP contribution is 2.05. The van der Waals surface area contributed by atoms with Gasteiger partial charge in [-0.05, 0) is 18.8 Å². The molecule has 0 amide bonds. The standard InChI is InChI=1S/C7H16NO3/c1-7(2)5-3-4-6-11-8(9)10/h7H,3-6H2,1-2H3,(H,9,10)/q+1. The van der Waals surface area contributed by atoms with Crippen LogP contribution in [0.15, 0.2) is 0 Å². The first-order valence-electron chi connectivity index (χ1n) is 3.92. The van der Waals surface area contributed by atoms with E-state index in [1.54, 1.807) is 0 Å². The Morgan fingerprint density at radius 1 is 1.45 bits per heavy atom. The van der Waals surface area contributed by atoms with Crippen LogP contribution in [0.1, 0.15) is 33.1 Å². The lowest BCUT2D eigenvalue weighted by Gasteiger charge is -2.00. The molecule has 0 atom stereocenters. The lowest BCUT2D eigenvalue weighted by Crippen LogP contribution is -2.04. The third-order valence-corrected chi connectivity index (χ3v) is 1.38. The van der Waals surface area contributed by atoms with Crippen LogP contribution in [0.4, 0.5) is 0 Å². The summed E-state index contributed by atoms with van der Waals surface area (Å²) in [5.74, 6) is 0.687. The fourth-order valence-corrected chi connectivity index (χ4v) is 0.797. The second kappa shape index (κ2) is 5.95. The summed E-state index contributed by atoms with van der Waals surface area (Å²) in [6.07, 6.45) is 2.98. The van der Waals surface area contributed by atoms with E-state index in [1.165, 1.54) is 0 Å². The second-order valence-electron chi connectivity index (χ2n) is 2.96. The van der Waals surface area contributed by atoms with Crippen LogP contribution in [0.25, 0.3) is 0 Å². The summed E-state index contributed by atoms with van der Waals surface area (Å²) in [6, 6.07) is 0. The molecule has 1 N–H and O–H groups in total. The van der Waals surface area contributed by atoms with Crippen molar-refractivity contribution in [2.24, 2.45) is 5.92 Å². The minimum absolute atomic E-state index is 0.298. The van der Waals surface area contributed by atoms with Gasteiger partial charge in [-0.2, -0.15) is 4.84 Å². The lowest BCUT2D eigenvalue weighted by atomic mass is 10.1. The van der Waals surface area contributed by atoms with Gasteiger partial charge >= 0.3 is 5.09 Å². The zero-order valence-corrected chi connectivity index (χ0v) is 7.12. The van der Waals surface area contributed by atoms with Crippen molar-refractivity contribution in [1.82, 2.24) is 0 Å². The molecule has 0 saturated heterocycles. The maximum atomic E-state index is 9.79. The predicted molar refractivity (Wildman–Crippen MR) is 40.1 cm³/mol. The molecule has 0 aliphatic carbocycles. The largest absolute Gasteiger partial charge is 0.475 e. The van der Waals surface area contributed by atoms with Gasteiger partial charge in [0.15, 0.2) is 6.61 Å². The van der Waals surface area contributed by atoms with Gasteiger partial charge in [-0.25, -0.2) is 5.21 Å². The van der Waals surface area contributed by atoms with Crippen molar-refractivity contribution < 1.29 is 15.1 Å². The van der Waals surface area contributed by atoms with Crippen LogP contribution >= 0.6 is 0 Å². The van der Waals surface area contributed by atoms with Gasteiger partial charge in [0.1, 0.15) is 4.91 Å². The Morgan fingerprint density at radius 2 is 2.09 bits per heavy atom. The molecular weight excluding hydrogens is 146 g/mol. The summed E-state index contributed by atoms with van der Waals surface area (Å²) in [5, 5.41) is 7.53. The molecule has 0 unspecified atom stereocenters. The molecule has 0 heterocycles. The van der Waals surface area contributed by atoms with E-state index >= 15 is 0 Å². The predicted octanol–water partition coefficient (Wildman–Crippen LogP) is 1.91. The van der Waals surface area contributed by atoms with Gasteiger partial charge < -0.3 is 0 Å². The summed E-state index contributed by atoms with van der Waals surface area (Å²) in [4.78, 5) is 14.0. The quantitative estimate of drug-likeness (QED) is 0.479. The Bertz CT molecular complexity index is 114. The van der Waals surface area contributed by atoms with Gasteiger partial charge in [0, 0.05) is 0 Å². The average Bonchev–Trinajstić information content (AvgIpc) is 1.85. The Balaban J connectivity index is 2.97. The summed E-state index contributed by atoms with van der Waals surface area (Å²) < 4.78 is 0. The summed E-state index contributed by atoms with van der Waals surface area (Å²) in [5.41, 5.74) is 0. The molecule has 4 nitrogen and oxygen atoms in total. The molecule has 0 aromatic heterocycles. The molecule has 0 bridgehead atoms. The number of nitrogens with zero attached hydrogens (tertiary/aromatic N) is 1. The zero-order chi connectivity index (χ0) is 8.69. The minimum atomic E-state index is -0.491. The molecule has 0 aromatic rings. The molecule has 0 saturated carbocycles. The molecule has 0 rings (SSSR count). The Hall–Kier alpha value is -0.800. The van der Waals surface area contributed by atoms with E-state index in [-0.39, 0.29) is 0 Å². The van der Waals surface area contributed by atoms with E-state index < -0.39 is 5.09 Å². The maximum Gasteiger partial charge on any atom is 0.475 e. The molecule has 0 spiro atoms. The van der Waals surface area contributed by atoms with E-state index in [1.807, 2.05) is 0 Å². The molecule has 11 heavy (non-hydrogen) atoms. The normalized spacial score (nSPS) is 10.1. The molecule has 0 aromatic carbocycles. The van der Waals surface area contributed by atoms with E-state index in [0.717, 1.165) is 19.3 Å². The summed E-state index contributed by atoms with van der Waals surface area (Å²) in [6.45, 7) is 4.59. The Morgan fingerprint density at radius 3 is 2.55 bits per heavy atom. The monoisotopic (exact) mass is 162 g/mol. The third kappa shape index (κ3) is 9.20. The molecule has 0 fully saturated rings. The van der Waals surface area contributed by atoms with Gasteiger partial charge in [-0.15, -0.1) is 0 Å².